The second-order valence-electron chi connectivity index (χ2n) is 5.06. The van der Waals surface area contributed by atoms with E-state index in [1.165, 1.54) is 0 Å². The van der Waals surface area contributed by atoms with Crippen LogP contribution < -0.4 is 5.32 Å². The molecule has 1 amide bonds. The van der Waals surface area contributed by atoms with Crippen LogP contribution in [0.5, 0.6) is 0 Å². The molecule has 1 aromatic carbocycles. The van der Waals surface area contributed by atoms with E-state index in [-0.39, 0.29) is 18.2 Å². The average Bonchev–Trinajstić information content (AvgIpc) is 2.81. The quantitative estimate of drug-likeness (QED) is 0.774. The van der Waals surface area contributed by atoms with E-state index in [0.29, 0.717) is 17.6 Å². The van der Waals surface area contributed by atoms with Crippen molar-refractivity contribution in [1.82, 2.24) is 15.5 Å². The van der Waals surface area contributed by atoms with Crippen molar-refractivity contribution in [2.24, 2.45) is 5.92 Å². The molecule has 2 rings (SSSR count). The minimum absolute atomic E-state index is 0.0353. The Bertz CT molecular complexity index is 648. The predicted molar refractivity (Wildman–Crippen MR) is 74.6 cm³/mol. The first-order valence-electron chi connectivity index (χ1n) is 6.41. The summed E-state index contributed by atoms with van der Waals surface area (Å²) in [4.78, 5) is 22.8. The van der Waals surface area contributed by atoms with Gasteiger partial charge >= 0.3 is 5.97 Å². The largest absolute Gasteiger partial charge is 0.481 e. The van der Waals surface area contributed by atoms with Gasteiger partial charge < -0.3 is 10.4 Å². The van der Waals surface area contributed by atoms with Gasteiger partial charge in [-0.15, -0.1) is 0 Å². The zero-order chi connectivity index (χ0) is 14.7. The van der Waals surface area contributed by atoms with Gasteiger partial charge in [0.1, 0.15) is 0 Å². The highest BCUT2D eigenvalue weighted by Crippen LogP contribution is 2.18. The molecule has 0 fully saturated rings. The fourth-order valence-corrected chi connectivity index (χ4v) is 2.12. The van der Waals surface area contributed by atoms with Crippen molar-refractivity contribution in [1.29, 1.82) is 0 Å². The number of nitrogens with zero attached hydrogens (tertiary/aromatic N) is 1. The number of carboxylic acid groups (broad SMARTS) is 1. The molecule has 3 N–H and O–H groups in total. The van der Waals surface area contributed by atoms with Gasteiger partial charge in [-0.3, -0.25) is 14.7 Å². The molecule has 1 unspecified atom stereocenters. The smallest absolute Gasteiger partial charge is 0.303 e. The molecule has 0 aliphatic rings. The monoisotopic (exact) mass is 275 g/mol. The van der Waals surface area contributed by atoms with Crippen LogP contribution in [0.4, 0.5) is 0 Å². The summed E-state index contributed by atoms with van der Waals surface area (Å²) >= 11 is 0. The SMILES string of the molecule is Cc1cc(C(=O)NCC(C)CC(=O)O)c2[nH]ncc2c1. The Morgan fingerprint density at radius 1 is 1.45 bits per heavy atom. The van der Waals surface area contributed by atoms with Crippen molar-refractivity contribution in [2.45, 2.75) is 20.3 Å². The van der Waals surface area contributed by atoms with Crippen LogP contribution in [-0.2, 0) is 4.79 Å². The number of rotatable bonds is 5. The highest BCUT2D eigenvalue weighted by Gasteiger charge is 2.14. The molecule has 2 aromatic rings. The number of H-pyrrole nitrogens is 1. The average molecular weight is 275 g/mol. The van der Waals surface area contributed by atoms with Crippen molar-refractivity contribution >= 4 is 22.8 Å². The Morgan fingerprint density at radius 2 is 2.20 bits per heavy atom. The molecule has 1 heterocycles. The number of carbonyl (C=O) groups excluding carboxylic acids is 1. The first-order valence-corrected chi connectivity index (χ1v) is 6.41. The Hall–Kier alpha value is -2.37. The molecule has 0 saturated heterocycles. The van der Waals surface area contributed by atoms with Crippen molar-refractivity contribution in [3.05, 3.63) is 29.5 Å². The van der Waals surface area contributed by atoms with E-state index in [1.54, 1.807) is 19.2 Å². The maximum atomic E-state index is 12.2. The zero-order valence-electron chi connectivity index (χ0n) is 11.4. The molecule has 0 radical (unpaired) electrons. The number of nitrogens with one attached hydrogen (secondary N) is 2. The molecule has 6 nitrogen and oxygen atoms in total. The van der Waals surface area contributed by atoms with Crippen LogP contribution in [0.2, 0.25) is 0 Å². The summed E-state index contributed by atoms with van der Waals surface area (Å²) in [6.07, 6.45) is 1.71. The molecular weight excluding hydrogens is 258 g/mol. The van der Waals surface area contributed by atoms with Crippen LogP contribution in [-0.4, -0.2) is 33.7 Å². The third-order valence-electron chi connectivity index (χ3n) is 3.07. The lowest BCUT2D eigenvalue weighted by molar-refractivity contribution is -0.137. The van der Waals surface area contributed by atoms with Crippen LogP contribution >= 0.6 is 0 Å². The summed E-state index contributed by atoms with van der Waals surface area (Å²) in [6.45, 7) is 4.03. The van der Waals surface area contributed by atoms with Gasteiger partial charge in [0.2, 0.25) is 0 Å². The number of carboxylic acids is 1. The number of hydrogen-bond donors (Lipinski definition) is 3. The molecule has 106 valence electrons. The lowest BCUT2D eigenvalue weighted by atomic mass is 10.1. The number of aromatic amines is 1. The van der Waals surface area contributed by atoms with E-state index >= 15 is 0 Å². The Labute approximate surface area is 116 Å². The number of hydrogen-bond acceptors (Lipinski definition) is 3. The second-order valence-corrected chi connectivity index (χ2v) is 5.06. The number of amides is 1. The van der Waals surface area contributed by atoms with Gasteiger partial charge in [0.05, 0.1) is 17.3 Å². The lowest BCUT2D eigenvalue weighted by Gasteiger charge is -2.11. The van der Waals surface area contributed by atoms with E-state index in [0.717, 1.165) is 10.9 Å². The lowest BCUT2D eigenvalue weighted by Crippen LogP contribution is -2.29. The number of benzene rings is 1. The van der Waals surface area contributed by atoms with E-state index < -0.39 is 5.97 Å². The van der Waals surface area contributed by atoms with Crippen molar-refractivity contribution in [3.8, 4) is 0 Å². The summed E-state index contributed by atoms with van der Waals surface area (Å²) in [5.41, 5.74) is 2.20. The first kappa shape index (κ1) is 14.0. The van der Waals surface area contributed by atoms with E-state index in [1.807, 2.05) is 13.0 Å². The van der Waals surface area contributed by atoms with Crippen LogP contribution in [0.1, 0.15) is 29.3 Å². The summed E-state index contributed by atoms with van der Waals surface area (Å²) in [6, 6.07) is 3.74. The first-order chi connectivity index (χ1) is 9.47. The van der Waals surface area contributed by atoms with Crippen LogP contribution in [0, 0.1) is 12.8 Å². The third-order valence-corrected chi connectivity index (χ3v) is 3.07. The molecule has 0 aliphatic carbocycles. The maximum Gasteiger partial charge on any atom is 0.303 e. The number of carbonyl (C=O) groups is 2. The van der Waals surface area contributed by atoms with Gasteiger partial charge in [0, 0.05) is 18.4 Å². The Kier molecular flexibility index (Phi) is 4.02. The molecule has 0 spiro atoms. The molecule has 1 aromatic heterocycles. The van der Waals surface area contributed by atoms with Gasteiger partial charge in [-0.25, -0.2) is 0 Å². The van der Waals surface area contributed by atoms with E-state index in [2.05, 4.69) is 15.5 Å². The number of aliphatic carboxylic acids is 1. The Balaban J connectivity index is 2.11. The van der Waals surface area contributed by atoms with Gasteiger partial charge in [-0.1, -0.05) is 6.92 Å². The molecule has 6 heteroatoms. The standard InChI is InChI=1S/C14H17N3O3/c1-8-3-10-7-16-17-13(10)11(4-8)14(20)15-6-9(2)5-12(18)19/h3-4,7,9H,5-6H2,1-2H3,(H,15,20)(H,16,17)(H,18,19). The summed E-state index contributed by atoms with van der Waals surface area (Å²) in [7, 11) is 0. The third kappa shape index (κ3) is 3.14. The highest BCUT2D eigenvalue weighted by atomic mass is 16.4. The summed E-state index contributed by atoms with van der Waals surface area (Å²) in [5.74, 6) is -1.20. The number of aryl methyl sites for hydroxylation is 1. The Morgan fingerprint density at radius 3 is 2.90 bits per heavy atom. The van der Waals surface area contributed by atoms with Crippen molar-refractivity contribution < 1.29 is 14.7 Å². The highest BCUT2D eigenvalue weighted by molar-refractivity contribution is 6.05. The normalized spacial score (nSPS) is 12.3. The maximum absolute atomic E-state index is 12.2. The molecule has 20 heavy (non-hydrogen) atoms. The van der Waals surface area contributed by atoms with Gasteiger partial charge in [-0.2, -0.15) is 5.10 Å². The summed E-state index contributed by atoms with van der Waals surface area (Å²) in [5, 5.41) is 19.1. The van der Waals surface area contributed by atoms with Gasteiger partial charge in [0.25, 0.3) is 5.91 Å². The minimum Gasteiger partial charge on any atom is -0.481 e. The topological polar surface area (TPSA) is 95.1 Å². The molecular formula is C14H17N3O3. The van der Waals surface area contributed by atoms with E-state index in [9.17, 15) is 9.59 Å². The molecule has 0 saturated carbocycles. The minimum atomic E-state index is -0.863. The van der Waals surface area contributed by atoms with Crippen LogP contribution in [0.3, 0.4) is 0 Å². The fraction of sp³-hybridized carbons (Fsp3) is 0.357. The van der Waals surface area contributed by atoms with E-state index in [4.69, 9.17) is 5.11 Å². The molecule has 1 atom stereocenters. The zero-order valence-corrected chi connectivity index (χ0v) is 11.4. The number of aromatic nitrogens is 2. The van der Waals surface area contributed by atoms with Crippen molar-refractivity contribution in [2.75, 3.05) is 6.54 Å². The molecule has 0 bridgehead atoms. The molecule has 0 aliphatic heterocycles. The van der Waals surface area contributed by atoms with Crippen LogP contribution in [0.25, 0.3) is 10.9 Å². The van der Waals surface area contributed by atoms with Gasteiger partial charge in [-0.05, 0) is 30.5 Å². The summed E-state index contributed by atoms with van der Waals surface area (Å²) < 4.78 is 0. The van der Waals surface area contributed by atoms with Gasteiger partial charge in [0.15, 0.2) is 0 Å². The van der Waals surface area contributed by atoms with Crippen LogP contribution in [0.15, 0.2) is 18.3 Å². The second kappa shape index (κ2) is 5.73. The number of fused-ring (bicyclic) bond motifs is 1. The van der Waals surface area contributed by atoms with Crippen molar-refractivity contribution in [3.63, 3.8) is 0 Å². The fourth-order valence-electron chi connectivity index (χ4n) is 2.12. The predicted octanol–water partition coefficient (Wildman–Crippen LogP) is 1.71.